The Kier molecular flexibility index (Phi) is 1.35. The molecule has 1 spiro atoms. The van der Waals surface area contributed by atoms with E-state index >= 15 is 0 Å². The van der Waals surface area contributed by atoms with Gasteiger partial charge < -0.3 is 4.74 Å². The van der Waals surface area contributed by atoms with Crippen LogP contribution in [0.3, 0.4) is 0 Å². The first-order chi connectivity index (χ1) is 7.11. The molecule has 3 aliphatic carbocycles. The van der Waals surface area contributed by atoms with Crippen molar-refractivity contribution in [2.75, 3.05) is 0 Å². The van der Waals surface area contributed by atoms with Gasteiger partial charge in [0.05, 0.1) is 11.7 Å². The number of hydrogen-bond acceptors (Lipinski definition) is 2. The van der Waals surface area contributed by atoms with Crippen LogP contribution >= 0.6 is 0 Å². The lowest BCUT2D eigenvalue weighted by Gasteiger charge is -2.49. The first-order valence-corrected chi connectivity index (χ1v) is 6.31. The molecule has 5 fully saturated rings. The minimum atomic E-state index is 0.182. The average molecular weight is 206 g/mol. The highest BCUT2D eigenvalue weighted by Gasteiger charge is 2.68. The lowest BCUT2D eigenvalue weighted by molar-refractivity contribution is -0.156. The van der Waals surface area contributed by atoms with E-state index in [4.69, 9.17) is 4.74 Å². The highest BCUT2D eigenvalue weighted by atomic mass is 16.5. The van der Waals surface area contributed by atoms with Crippen molar-refractivity contribution in [3.8, 4) is 0 Å². The molecule has 0 aromatic heterocycles. The summed E-state index contributed by atoms with van der Waals surface area (Å²) in [5, 5.41) is 0. The Labute approximate surface area is 90.4 Å². The maximum Gasteiger partial charge on any atom is 0.133 e. The number of ether oxygens (including phenoxy) is 1. The molecular weight excluding hydrogens is 188 g/mol. The summed E-state index contributed by atoms with van der Waals surface area (Å²) in [6.45, 7) is 2.30. The van der Waals surface area contributed by atoms with Gasteiger partial charge in [0.15, 0.2) is 0 Å². The van der Waals surface area contributed by atoms with Gasteiger partial charge in [-0.15, -0.1) is 0 Å². The summed E-state index contributed by atoms with van der Waals surface area (Å²) in [5.41, 5.74) is 0.691. The van der Waals surface area contributed by atoms with Crippen LogP contribution in [-0.4, -0.2) is 17.5 Å². The number of rotatable bonds is 0. The van der Waals surface area contributed by atoms with Crippen LogP contribution in [0.2, 0.25) is 0 Å². The number of carbonyl (C=O) groups excluding carboxylic acids is 1. The van der Waals surface area contributed by atoms with Gasteiger partial charge in [0.25, 0.3) is 0 Å². The number of hydrogen-bond donors (Lipinski definition) is 0. The normalized spacial score (nSPS) is 61.1. The van der Waals surface area contributed by atoms with Crippen LogP contribution in [0, 0.1) is 17.3 Å². The van der Waals surface area contributed by atoms with Gasteiger partial charge in [-0.3, -0.25) is 4.79 Å². The van der Waals surface area contributed by atoms with E-state index in [1.165, 1.54) is 19.3 Å². The molecule has 15 heavy (non-hydrogen) atoms. The number of Topliss-reactive ketones (excluding diaryl/α,β-unsaturated/α-hetero) is 1. The molecule has 2 heteroatoms. The van der Waals surface area contributed by atoms with Crippen LogP contribution in [0.4, 0.5) is 0 Å². The third kappa shape index (κ3) is 0.885. The van der Waals surface area contributed by atoms with Crippen LogP contribution < -0.4 is 0 Å². The van der Waals surface area contributed by atoms with Crippen molar-refractivity contribution in [2.45, 2.75) is 57.2 Å². The van der Waals surface area contributed by atoms with Crippen LogP contribution in [0.25, 0.3) is 0 Å². The van der Waals surface area contributed by atoms with Crippen molar-refractivity contribution in [1.29, 1.82) is 0 Å². The van der Waals surface area contributed by atoms with E-state index in [9.17, 15) is 4.79 Å². The molecular formula is C13H18O2. The van der Waals surface area contributed by atoms with Crippen molar-refractivity contribution in [1.82, 2.24) is 0 Å². The molecule has 0 aromatic carbocycles. The Morgan fingerprint density at radius 1 is 1.47 bits per heavy atom. The molecule has 0 unspecified atom stereocenters. The van der Waals surface area contributed by atoms with E-state index in [-0.39, 0.29) is 5.60 Å². The molecule has 2 nitrogen and oxygen atoms in total. The van der Waals surface area contributed by atoms with Crippen LogP contribution in [0.1, 0.15) is 45.4 Å². The molecule has 5 aliphatic rings. The molecule has 0 aromatic rings. The summed E-state index contributed by atoms with van der Waals surface area (Å²) in [5.74, 6) is 1.85. The first kappa shape index (κ1) is 8.74. The topological polar surface area (TPSA) is 26.3 Å². The number of carbonyl (C=O) groups is 1. The van der Waals surface area contributed by atoms with E-state index in [2.05, 4.69) is 6.92 Å². The lowest BCUT2D eigenvalue weighted by atomic mass is 9.59. The molecule has 5 rings (SSSR count). The smallest absolute Gasteiger partial charge is 0.133 e. The molecule has 2 aliphatic heterocycles. The number of ketones is 1. The zero-order valence-corrected chi connectivity index (χ0v) is 9.29. The van der Waals surface area contributed by atoms with E-state index in [1.807, 2.05) is 0 Å². The molecule has 0 radical (unpaired) electrons. The summed E-state index contributed by atoms with van der Waals surface area (Å²) in [6, 6.07) is 0. The summed E-state index contributed by atoms with van der Waals surface area (Å²) < 4.78 is 6.20. The van der Waals surface area contributed by atoms with E-state index < -0.39 is 0 Å². The molecule has 0 N–H and O–H groups in total. The van der Waals surface area contributed by atoms with Gasteiger partial charge in [-0.1, -0.05) is 0 Å². The average Bonchev–Trinajstić information content (AvgIpc) is 2.54. The molecule has 2 heterocycles. The Bertz CT molecular complexity index is 350. The summed E-state index contributed by atoms with van der Waals surface area (Å²) in [4.78, 5) is 11.6. The van der Waals surface area contributed by atoms with Gasteiger partial charge in [-0.25, -0.2) is 0 Å². The van der Waals surface area contributed by atoms with Gasteiger partial charge in [-0.05, 0) is 49.9 Å². The molecule has 4 bridgehead atoms. The fourth-order valence-electron chi connectivity index (χ4n) is 5.15. The second kappa shape index (κ2) is 2.32. The molecule has 82 valence electrons. The summed E-state index contributed by atoms with van der Waals surface area (Å²) in [6.07, 6.45) is 7.04. The van der Waals surface area contributed by atoms with Crippen LogP contribution in [-0.2, 0) is 9.53 Å². The maximum atomic E-state index is 11.6. The Hall–Kier alpha value is -0.370. The SMILES string of the molecule is C[C@]12C[C@@]34CCC(=O)C[C@@H]3[C@H](C[C@@H]1C4)O2. The van der Waals surface area contributed by atoms with Crippen LogP contribution in [0.5, 0.6) is 0 Å². The van der Waals surface area contributed by atoms with Gasteiger partial charge in [-0.2, -0.15) is 0 Å². The Balaban J connectivity index is 1.78. The predicted octanol–water partition coefficient (Wildman–Crippen LogP) is 2.31. The zero-order chi connectivity index (χ0) is 10.3. The van der Waals surface area contributed by atoms with Gasteiger partial charge >= 0.3 is 0 Å². The van der Waals surface area contributed by atoms with Gasteiger partial charge in [0, 0.05) is 12.8 Å². The minimum Gasteiger partial charge on any atom is -0.371 e. The molecule has 5 atom stereocenters. The Morgan fingerprint density at radius 3 is 3.13 bits per heavy atom. The summed E-state index contributed by atoms with van der Waals surface area (Å²) in [7, 11) is 0. The largest absolute Gasteiger partial charge is 0.371 e. The highest BCUT2D eigenvalue weighted by Crippen LogP contribution is 2.69. The summed E-state index contributed by atoms with van der Waals surface area (Å²) >= 11 is 0. The maximum absolute atomic E-state index is 11.6. The monoisotopic (exact) mass is 206 g/mol. The van der Waals surface area contributed by atoms with Gasteiger partial charge in [0.1, 0.15) is 5.78 Å². The zero-order valence-electron chi connectivity index (χ0n) is 9.29. The third-order valence-electron chi connectivity index (χ3n) is 5.74. The fraction of sp³-hybridized carbons (Fsp3) is 0.923. The van der Waals surface area contributed by atoms with Crippen molar-refractivity contribution in [3.05, 3.63) is 0 Å². The predicted molar refractivity (Wildman–Crippen MR) is 55.4 cm³/mol. The third-order valence-corrected chi connectivity index (χ3v) is 5.74. The molecule has 0 amide bonds. The molecule has 3 saturated carbocycles. The minimum absolute atomic E-state index is 0.182. The van der Waals surface area contributed by atoms with Crippen LogP contribution in [0.15, 0.2) is 0 Å². The quantitative estimate of drug-likeness (QED) is 0.608. The van der Waals surface area contributed by atoms with E-state index in [0.717, 1.165) is 25.2 Å². The Morgan fingerprint density at radius 2 is 2.33 bits per heavy atom. The van der Waals surface area contributed by atoms with E-state index in [1.54, 1.807) is 0 Å². The molecule has 2 saturated heterocycles. The second-order valence-electron chi connectivity index (χ2n) is 6.49. The second-order valence-corrected chi connectivity index (χ2v) is 6.49. The fourth-order valence-corrected chi connectivity index (χ4v) is 5.15. The van der Waals surface area contributed by atoms with Crippen molar-refractivity contribution >= 4 is 5.78 Å². The first-order valence-electron chi connectivity index (χ1n) is 6.31. The lowest BCUT2D eigenvalue weighted by Crippen LogP contribution is -2.48. The standard InChI is InChI=1S/C13H18O2/c1-12-7-13-3-2-9(14)5-10(13)11(15-12)4-8(12)6-13/h8,10-11H,2-7H2,1H3/t8-,10-,11+,12+,13+/m1/s1. The van der Waals surface area contributed by atoms with E-state index in [0.29, 0.717) is 23.2 Å². The van der Waals surface area contributed by atoms with Gasteiger partial charge in [0.2, 0.25) is 0 Å². The highest BCUT2D eigenvalue weighted by molar-refractivity contribution is 5.80. The van der Waals surface area contributed by atoms with Crippen molar-refractivity contribution < 1.29 is 9.53 Å². The van der Waals surface area contributed by atoms with Crippen molar-refractivity contribution in [2.24, 2.45) is 17.3 Å². The van der Waals surface area contributed by atoms with Crippen molar-refractivity contribution in [3.63, 3.8) is 0 Å².